The monoisotopic (exact) mass is 254 g/mol. The molecule has 0 aromatic heterocycles. The Balaban J connectivity index is 2.31. The molecule has 0 spiro atoms. The fourth-order valence-corrected chi connectivity index (χ4v) is 1.56. The predicted octanol–water partition coefficient (Wildman–Crippen LogP) is 3.94. The Hall–Kier alpha value is -1.81. The van der Waals surface area contributed by atoms with Crippen LogP contribution >= 0.6 is 11.6 Å². The molecule has 0 fully saturated rings. The number of nitrogen functional groups attached to an aromatic ring is 1. The number of para-hydroxylation sites is 1. The second-order valence-corrected chi connectivity index (χ2v) is 3.86. The molecule has 0 amide bonds. The number of hydrogen-bond acceptors (Lipinski definition) is 2. The van der Waals surface area contributed by atoms with E-state index in [-0.39, 0.29) is 10.7 Å². The first-order chi connectivity index (χ1) is 8.08. The Morgan fingerprint density at radius 1 is 1.06 bits per heavy atom. The van der Waals surface area contributed by atoms with Gasteiger partial charge in [0, 0.05) is 5.69 Å². The Bertz CT molecular complexity index is 558. The van der Waals surface area contributed by atoms with E-state index in [1.165, 1.54) is 30.3 Å². The van der Waals surface area contributed by atoms with Gasteiger partial charge < -0.3 is 11.1 Å². The van der Waals surface area contributed by atoms with Gasteiger partial charge in [-0.3, -0.25) is 0 Å². The molecule has 3 N–H and O–H groups in total. The average molecular weight is 255 g/mol. The third kappa shape index (κ3) is 2.47. The third-order valence-electron chi connectivity index (χ3n) is 2.25. The van der Waals surface area contributed by atoms with Crippen LogP contribution in [0.5, 0.6) is 0 Å². The summed E-state index contributed by atoms with van der Waals surface area (Å²) in [4.78, 5) is 0. The van der Waals surface area contributed by atoms with Gasteiger partial charge in [-0.25, -0.2) is 8.78 Å². The van der Waals surface area contributed by atoms with E-state index < -0.39 is 11.6 Å². The van der Waals surface area contributed by atoms with Gasteiger partial charge >= 0.3 is 0 Å². The van der Waals surface area contributed by atoms with Crippen molar-refractivity contribution in [3.63, 3.8) is 0 Å². The van der Waals surface area contributed by atoms with Crippen molar-refractivity contribution < 1.29 is 8.78 Å². The lowest BCUT2D eigenvalue weighted by molar-refractivity contribution is 0.628. The quantitative estimate of drug-likeness (QED) is 0.797. The second kappa shape index (κ2) is 4.59. The fraction of sp³-hybridized carbons (Fsp3) is 0. The summed E-state index contributed by atoms with van der Waals surface area (Å²) >= 11 is 5.63. The summed E-state index contributed by atoms with van der Waals surface area (Å²) in [5.41, 5.74) is 6.51. The van der Waals surface area contributed by atoms with Crippen LogP contribution in [0.4, 0.5) is 25.8 Å². The lowest BCUT2D eigenvalue weighted by atomic mass is 10.2. The molecule has 0 heterocycles. The molecule has 2 rings (SSSR count). The van der Waals surface area contributed by atoms with Crippen molar-refractivity contribution in [2.75, 3.05) is 11.1 Å². The number of halogens is 3. The van der Waals surface area contributed by atoms with E-state index in [1.807, 2.05) is 0 Å². The van der Waals surface area contributed by atoms with Crippen LogP contribution in [0.1, 0.15) is 0 Å². The van der Waals surface area contributed by atoms with E-state index in [2.05, 4.69) is 5.32 Å². The largest absolute Gasteiger partial charge is 0.395 e. The zero-order chi connectivity index (χ0) is 12.4. The van der Waals surface area contributed by atoms with E-state index in [0.29, 0.717) is 11.4 Å². The standard InChI is InChI=1S/C12H9ClF2N2/c13-8-6-7(4-5-9(8)14)17-11-3-1-2-10(15)12(11)16/h1-6,17H,16H2. The molecule has 2 aromatic rings. The topological polar surface area (TPSA) is 38.0 Å². The van der Waals surface area contributed by atoms with Crippen LogP contribution in [0.3, 0.4) is 0 Å². The van der Waals surface area contributed by atoms with Crippen molar-refractivity contribution in [1.29, 1.82) is 0 Å². The van der Waals surface area contributed by atoms with Crippen LogP contribution in [0.2, 0.25) is 5.02 Å². The molecule has 0 bridgehead atoms. The molecule has 5 heteroatoms. The summed E-state index contributed by atoms with van der Waals surface area (Å²) in [7, 11) is 0. The Labute approximate surface area is 102 Å². The maximum Gasteiger partial charge on any atom is 0.148 e. The van der Waals surface area contributed by atoms with E-state index >= 15 is 0 Å². The molecule has 88 valence electrons. The summed E-state index contributed by atoms with van der Waals surface area (Å²) < 4.78 is 26.1. The highest BCUT2D eigenvalue weighted by Crippen LogP contribution is 2.27. The van der Waals surface area contributed by atoms with E-state index in [4.69, 9.17) is 17.3 Å². The zero-order valence-electron chi connectivity index (χ0n) is 8.68. The van der Waals surface area contributed by atoms with Gasteiger partial charge in [0.2, 0.25) is 0 Å². The number of rotatable bonds is 2. The third-order valence-corrected chi connectivity index (χ3v) is 2.54. The number of hydrogen-bond donors (Lipinski definition) is 2. The first-order valence-corrected chi connectivity index (χ1v) is 5.22. The SMILES string of the molecule is Nc1c(F)cccc1Nc1ccc(F)c(Cl)c1. The Kier molecular flexibility index (Phi) is 3.15. The summed E-state index contributed by atoms with van der Waals surface area (Å²) in [5, 5.41) is 2.86. The molecule has 17 heavy (non-hydrogen) atoms. The van der Waals surface area contributed by atoms with E-state index in [0.717, 1.165) is 0 Å². The molecular formula is C12H9ClF2N2. The summed E-state index contributed by atoms with van der Waals surface area (Å²) in [5.74, 6) is -1.02. The van der Waals surface area contributed by atoms with Gasteiger partial charge in [0.05, 0.1) is 16.4 Å². The van der Waals surface area contributed by atoms with Gasteiger partial charge in [0.15, 0.2) is 0 Å². The molecule has 0 saturated carbocycles. The van der Waals surface area contributed by atoms with Gasteiger partial charge in [0.1, 0.15) is 11.6 Å². The Morgan fingerprint density at radius 3 is 2.53 bits per heavy atom. The highest BCUT2D eigenvalue weighted by molar-refractivity contribution is 6.31. The number of nitrogens with two attached hydrogens (primary N) is 1. The van der Waals surface area contributed by atoms with E-state index in [1.54, 1.807) is 6.07 Å². The summed E-state index contributed by atoms with van der Waals surface area (Å²) in [6.07, 6.45) is 0. The molecule has 0 atom stereocenters. The maximum atomic E-state index is 13.2. The van der Waals surface area contributed by atoms with Gasteiger partial charge in [-0.2, -0.15) is 0 Å². The van der Waals surface area contributed by atoms with E-state index in [9.17, 15) is 8.78 Å². The van der Waals surface area contributed by atoms with Crippen LogP contribution in [0, 0.1) is 11.6 Å². The van der Waals surface area contributed by atoms with Gasteiger partial charge in [0.25, 0.3) is 0 Å². The fourth-order valence-electron chi connectivity index (χ4n) is 1.38. The highest BCUT2D eigenvalue weighted by Gasteiger charge is 2.06. The van der Waals surface area contributed by atoms with Crippen molar-refractivity contribution >= 4 is 28.7 Å². The van der Waals surface area contributed by atoms with Crippen molar-refractivity contribution in [2.24, 2.45) is 0 Å². The van der Waals surface area contributed by atoms with Gasteiger partial charge in [-0.05, 0) is 30.3 Å². The minimum Gasteiger partial charge on any atom is -0.395 e. The predicted molar refractivity (Wildman–Crippen MR) is 65.5 cm³/mol. The van der Waals surface area contributed by atoms with Crippen molar-refractivity contribution in [1.82, 2.24) is 0 Å². The molecule has 0 aliphatic rings. The summed E-state index contributed by atoms with van der Waals surface area (Å²) in [6.45, 7) is 0. The highest BCUT2D eigenvalue weighted by atomic mass is 35.5. The number of benzene rings is 2. The van der Waals surface area contributed by atoms with Gasteiger partial charge in [-0.1, -0.05) is 17.7 Å². The summed E-state index contributed by atoms with van der Waals surface area (Å²) in [6, 6.07) is 8.53. The lowest BCUT2D eigenvalue weighted by Crippen LogP contribution is -1.98. The van der Waals surface area contributed by atoms with Crippen LogP contribution in [-0.4, -0.2) is 0 Å². The first-order valence-electron chi connectivity index (χ1n) is 4.84. The van der Waals surface area contributed by atoms with Crippen molar-refractivity contribution in [3.05, 3.63) is 53.1 Å². The molecule has 0 aliphatic heterocycles. The van der Waals surface area contributed by atoms with Crippen molar-refractivity contribution in [2.45, 2.75) is 0 Å². The average Bonchev–Trinajstić information content (AvgIpc) is 2.30. The Morgan fingerprint density at radius 2 is 1.82 bits per heavy atom. The van der Waals surface area contributed by atoms with Crippen molar-refractivity contribution in [3.8, 4) is 0 Å². The molecule has 0 unspecified atom stereocenters. The van der Waals surface area contributed by atoms with Crippen LogP contribution in [0.15, 0.2) is 36.4 Å². The first kappa shape index (κ1) is 11.7. The van der Waals surface area contributed by atoms with Crippen LogP contribution in [0.25, 0.3) is 0 Å². The molecule has 0 saturated heterocycles. The maximum absolute atomic E-state index is 13.2. The number of anilines is 3. The number of nitrogens with one attached hydrogen (secondary N) is 1. The second-order valence-electron chi connectivity index (χ2n) is 3.45. The molecule has 0 aliphatic carbocycles. The van der Waals surface area contributed by atoms with Gasteiger partial charge in [-0.15, -0.1) is 0 Å². The molecule has 2 aromatic carbocycles. The smallest absolute Gasteiger partial charge is 0.148 e. The lowest BCUT2D eigenvalue weighted by Gasteiger charge is -2.10. The zero-order valence-corrected chi connectivity index (χ0v) is 9.43. The van der Waals surface area contributed by atoms with Crippen LogP contribution in [-0.2, 0) is 0 Å². The molecule has 2 nitrogen and oxygen atoms in total. The molecule has 0 radical (unpaired) electrons. The minimum absolute atomic E-state index is 0.00736. The molecular weight excluding hydrogens is 246 g/mol. The normalized spacial score (nSPS) is 10.3. The van der Waals surface area contributed by atoms with Crippen LogP contribution < -0.4 is 11.1 Å². The minimum atomic E-state index is -0.511.